The standard InChI is InChI=1S/C16H12BrN5O2S2/c17-11-5-3-10(4-6-11)14-20-19-13(24-14)9-25-16-22-21-15(26-16)18-8-12-2-1-7-23-12/h1-7H,8-9H2,(H,18,21). The lowest BCUT2D eigenvalue weighted by atomic mass is 10.2. The molecule has 4 aromatic rings. The number of hydrogen-bond donors (Lipinski definition) is 1. The summed E-state index contributed by atoms with van der Waals surface area (Å²) in [5, 5.41) is 20.4. The fourth-order valence-corrected chi connectivity index (χ4v) is 3.91. The Labute approximate surface area is 165 Å². The highest BCUT2D eigenvalue weighted by Gasteiger charge is 2.11. The Bertz CT molecular complexity index is 969. The molecule has 1 aromatic carbocycles. The molecule has 0 aliphatic heterocycles. The van der Waals surface area contributed by atoms with Crippen molar-refractivity contribution in [1.82, 2.24) is 20.4 Å². The van der Waals surface area contributed by atoms with Crippen molar-refractivity contribution in [3.63, 3.8) is 0 Å². The van der Waals surface area contributed by atoms with E-state index in [1.54, 1.807) is 6.26 Å². The summed E-state index contributed by atoms with van der Waals surface area (Å²) in [7, 11) is 0. The van der Waals surface area contributed by atoms with Gasteiger partial charge in [0.2, 0.25) is 16.9 Å². The molecule has 0 radical (unpaired) electrons. The molecule has 0 amide bonds. The Morgan fingerprint density at radius 2 is 1.96 bits per heavy atom. The SMILES string of the molecule is Brc1ccc(-c2nnc(CSc3nnc(NCc4ccco4)s3)o2)cc1. The summed E-state index contributed by atoms with van der Waals surface area (Å²) in [6.45, 7) is 0.576. The molecule has 3 heterocycles. The van der Waals surface area contributed by atoms with Crippen LogP contribution in [0.3, 0.4) is 0 Å². The monoisotopic (exact) mass is 449 g/mol. The topological polar surface area (TPSA) is 89.9 Å². The molecule has 0 saturated carbocycles. The van der Waals surface area contributed by atoms with Gasteiger partial charge in [0, 0.05) is 10.0 Å². The Kier molecular flexibility index (Phi) is 5.32. The van der Waals surface area contributed by atoms with Gasteiger partial charge in [0.25, 0.3) is 0 Å². The van der Waals surface area contributed by atoms with E-state index < -0.39 is 0 Å². The third-order valence-electron chi connectivity index (χ3n) is 3.28. The normalized spacial score (nSPS) is 11.0. The van der Waals surface area contributed by atoms with E-state index in [0.29, 0.717) is 24.1 Å². The Morgan fingerprint density at radius 3 is 2.77 bits per heavy atom. The van der Waals surface area contributed by atoms with Gasteiger partial charge in [0.1, 0.15) is 5.76 Å². The fourth-order valence-electron chi connectivity index (χ4n) is 2.06. The van der Waals surface area contributed by atoms with E-state index in [-0.39, 0.29) is 0 Å². The molecule has 0 spiro atoms. The Hall–Kier alpha value is -2.17. The average Bonchev–Trinajstić information content (AvgIpc) is 3.40. The highest BCUT2D eigenvalue weighted by atomic mass is 79.9. The number of halogens is 1. The number of rotatable bonds is 7. The number of aromatic nitrogens is 4. The third-order valence-corrected chi connectivity index (χ3v) is 5.81. The van der Waals surface area contributed by atoms with Gasteiger partial charge < -0.3 is 14.2 Å². The van der Waals surface area contributed by atoms with Crippen LogP contribution in [0.1, 0.15) is 11.7 Å². The lowest BCUT2D eigenvalue weighted by Gasteiger charge is -1.96. The minimum Gasteiger partial charge on any atom is -0.467 e. The number of thioether (sulfide) groups is 1. The van der Waals surface area contributed by atoms with Crippen molar-refractivity contribution in [3.05, 3.63) is 58.8 Å². The van der Waals surface area contributed by atoms with Crippen LogP contribution in [0.5, 0.6) is 0 Å². The van der Waals surface area contributed by atoms with E-state index in [0.717, 1.165) is 25.3 Å². The number of nitrogens with zero attached hydrogens (tertiary/aromatic N) is 4. The van der Waals surface area contributed by atoms with Crippen molar-refractivity contribution in [2.45, 2.75) is 16.6 Å². The maximum absolute atomic E-state index is 5.70. The molecule has 10 heteroatoms. The highest BCUT2D eigenvalue weighted by Crippen LogP contribution is 2.29. The first kappa shape index (κ1) is 17.3. The van der Waals surface area contributed by atoms with Gasteiger partial charge in [-0.15, -0.1) is 20.4 Å². The molecular formula is C16H12BrN5O2S2. The number of hydrogen-bond acceptors (Lipinski definition) is 9. The second-order valence-electron chi connectivity index (χ2n) is 5.10. The molecule has 0 aliphatic carbocycles. The number of anilines is 1. The molecule has 0 bridgehead atoms. The minimum atomic E-state index is 0.506. The second-order valence-corrected chi connectivity index (χ2v) is 8.22. The molecule has 4 rings (SSSR count). The van der Waals surface area contributed by atoms with E-state index >= 15 is 0 Å². The van der Waals surface area contributed by atoms with Crippen LogP contribution < -0.4 is 5.32 Å². The average molecular weight is 450 g/mol. The molecule has 3 aromatic heterocycles. The molecule has 0 unspecified atom stereocenters. The first-order valence-corrected chi connectivity index (χ1v) is 10.2. The van der Waals surface area contributed by atoms with Crippen molar-refractivity contribution in [1.29, 1.82) is 0 Å². The van der Waals surface area contributed by atoms with Crippen LogP contribution in [0.2, 0.25) is 0 Å². The second kappa shape index (κ2) is 8.02. The summed E-state index contributed by atoms with van der Waals surface area (Å²) in [6, 6.07) is 11.5. The van der Waals surface area contributed by atoms with Gasteiger partial charge in [0.15, 0.2) is 4.34 Å². The predicted molar refractivity (Wildman–Crippen MR) is 103 cm³/mol. The van der Waals surface area contributed by atoms with Gasteiger partial charge >= 0.3 is 0 Å². The van der Waals surface area contributed by atoms with Crippen LogP contribution in [0.15, 0.2) is 60.3 Å². The first-order valence-electron chi connectivity index (χ1n) is 7.57. The van der Waals surface area contributed by atoms with Crippen LogP contribution in [0.4, 0.5) is 5.13 Å². The van der Waals surface area contributed by atoms with Crippen molar-refractivity contribution in [2.75, 3.05) is 5.32 Å². The van der Waals surface area contributed by atoms with Gasteiger partial charge in [-0.25, -0.2) is 0 Å². The van der Waals surface area contributed by atoms with E-state index in [1.807, 2.05) is 36.4 Å². The molecule has 7 nitrogen and oxygen atoms in total. The molecule has 1 N–H and O–H groups in total. The molecule has 0 atom stereocenters. The van der Waals surface area contributed by atoms with Crippen LogP contribution in [0.25, 0.3) is 11.5 Å². The van der Waals surface area contributed by atoms with E-state index in [9.17, 15) is 0 Å². The lowest BCUT2D eigenvalue weighted by Crippen LogP contribution is -1.96. The first-order chi connectivity index (χ1) is 12.8. The summed E-state index contributed by atoms with van der Waals surface area (Å²) >= 11 is 6.38. The van der Waals surface area contributed by atoms with Crippen LogP contribution in [0, 0.1) is 0 Å². The van der Waals surface area contributed by atoms with Gasteiger partial charge in [-0.3, -0.25) is 0 Å². The third kappa shape index (κ3) is 4.32. The highest BCUT2D eigenvalue weighted by molar-refractivity contribution is 9.10. The van der Waals surface area contributed by atoms with Gasteiger partial charge in [-0.05, 0) is 36.4 Å². The number of benzene rings is 1. The fraction of sp³-hybridized carbons (Fsp3) is 0.125. The predicted octanol–water partition coefficient (Wildman–Crippen LogP) is 4.85. The number of nitrogens with one attached hydrogen (secondary N) is 1. The smallest absolute Gasteiger partial charge is 0.247 e. The van der Waals surface area contributed by atoms with Crippen molar-refractivity contribution >= 4 is 44.2 Å². The van der Waals surface area contributed by atoms with Crippen molar-refractivity contribution in [3.8, 4) is 11.5 Å². The van der Waals surface area contributed by atoms with Gasteiger partial charge in [0.05, 0.1) is 18.6 Å². The van der Waals surface area contributed by atoms with Crippen LogP contribution >= 0.6 is 39.0 Å². The molecule has 26 heavy (non-hydrogen) atoms. The zero-order chi connectivity index (χ0) is 17.8. The summed E-state index contributed by atoms with van der Waals surface area (Å²) in [6.07, 6.45) is 1.64. The molecular weight excluding hydrogens is 438 g/mol. The maximum atomic E-state index is 5.70. The minimum absolute atomic E-state index is 0.506. The van der Waals surface area contributed by atoms with E-state index in [4.69, 9.17) is 8.83 Å². The quantitative estimate of drug-likeness (QED) is 0.400. The Balaban J connectivity index is 1.32. The maximum Gasteiger partial charge on any atom is 0.247 e. The van der Waals surface area contributed by atoms with E-state index in [1.165, 1.54) is 23.1 Å². The number of furan rings is 1. The molecule has 0 saturated heterocycles. The zero-order valence-electron chi connectivity index (χ0n) is 13.3. The Morgan fingerprint density at radius 1 is 1.08 bits per heavy atom. The van der Waals surface area contributed by atoms with Crippen LogP contribution in [-0.2, 0) is 12.3 Å². The van der Waals surface area contributed by atoms with Crippen molar-refractivity contribution in [2.24, 2.45) is 0 Å². The van der Waals surface area contributed by atoms with Gasteiger partial charge in [-0.2, -0.15) is 0 Å². The molecule has 0 fully saturated rings. The summed E-state index contributed by atoms with van der Waals surface area (Å²) in [5.74, 6) is 2.44. The summed E-state index contributed by atoms with van der Waals surface area (Å²) in [5.41, 5.74) is 0.886. The zero-order valence-corrected chi connectivity index (χ0v) is 16.5. The van der Waals surface area contributed by atoms with Gasteiger partial charge in [-0.1, -0.05) is 39.0 Å². The molecule has 0 aliphatic rings. The largest absolute Gasteiger partial charge is 0.467 e. The van der Waals surface area contributed by atoms with Crippen LogP contribution in [-0.4, -0.2) is 20.4 Å². The summed E-state index contributed by atoms with van der Waals surface area (Å²) in [4.78, 5) is 0. The summed E-state index contributed by atoms with van der Waals surface area (Å²) < 4.78 is 12.8. The van der Waals surface area contributed by atoms with Crippen molar-refractivity contribution < 1.29 is 8.83 Å². The molecule has 132 valence electrons. The lowest BCUT2D eigenvalue weighted by molar-refractivity contribution is 0.518. The van der Waals surface area contributed by atoms with E-state index in [2.05, 4.69) is 41.6 Å².